The second kappa shape index (κ2) is 6.74. The van der Waals surface area contributed by atoms with Gasteiger partial charge in [-0.25, -0.2) is 8.42 Å². The largest absolute Gasteiger partial charge is 0.363 e. The lowest BCUT2D eigenvalue weighted by Crippen LogP contribution is -2.38. The number of aromatic nitrogens is 1. The standard InChI is InChI=1S/C14H25N3O2S/c1-3-4-12-5-7-17(8-6-12)20(18,19)14-9-13(10-15-2)16-11-14/h9,11-12,15-16H,3-8,10H2,1-2H3. The Bertz CT molecular complexity index is 516. The summed E-state index contributed by atoms with van der Waals surface area (Å²) >= 11 is 0. The van der Waals surface area contributed by atoms with Crippen molar-refractivity contribution in [1.29, 1.82) is 0 Å². The van der Waals surface area contributed by atoms with Gasteiger partial charge >= 0.3 is 0 Å². The van der Waals surface area contributed by atoms with Crippen molar-refractivity contribution in [2.24, 2.45) is 5.92 Å². The molecule has 1 fully saturated rings. The molecule has 6 heteroatoms. The number of hydrogen-bond donors (Lipinski definition) is 2. The van der Waals surface area contributed by atoms with Gasteiger partial charge in [0, 0.05) is 31.5 Å². The molecule has 0 aromatic carbocycles. The molecule has 0 aliphatic carbocycles. The van der Waals surface area contributed by atoms with Gasteiger partial charge in [0.15, 0.2) is 0 Å². The van der Waals surface area contributed by atoms with Crippen molar-refractivity contribution in [2.75, 3.05) is 20.1 Å². The number of sulfonamides is 1. The highest BCUT2D eigenvalue weighted by Crippen LogP contribution is 2.26. The number of piperidine rings is 1. The molecule has 20 heavy (non-hydrogen) atoms. The molecule has 2 N–H and O–H groups in total. The van der Waals surface area contributed by atoms with Gasteiger partial charge in [0.05, 0.1) is 4.90 Å². The minimum Gasteiger partial charge on any atom is -0.363 e. The third-order valence-corrected chi connectivity index (χ3v) is 5.87. The predicted molar refractivity (Wildman–Crippen MR) is 79.9 cm³/mol. The molecule has 0 atom stereocenters. The maximum atomic E-state index is 12.6. The zero-order valence-corrected chi connectivity index (χ0v) is 13.2. The van der Waals surface area contributed by atoms with Crippen LogP contribution in [0, 0.1) is 5.92 Å². The van der Waals surface area contributed by atoms with E-state index in [0.717, 1.165) is 18.5 Å². The highest BCUT2D eigenvalue weighted by atomic mass is 32.2. The predicted octanol–water partition coefficient (Wildman–Crippen LogP) is 1.93. The minimum absolute atomic E-state index is 0.386. The van der Waals surface area contributed by atoms with Crippen molar-refractivity contribution in [1.82, 2.24) is 14.6 Å². The summed E-state index contributed by atoms with van der Waals surface area (Å²) in [6, 6.07) is 1.73. The number of H-pyrrole nitrogens is 1. The Hall–Kier alpha value is -0.850. The van der Waals surface area contributed by atoms with E-state index in [0.29, 0.717) is 30.4 Å². The van der Waals surface area contributed by atoms with Gasteiger partial charge in [-0.05, 0) is 31.9 Å². The molecular weight excluding hydrogens is 274 g/mol. The molecule has 0 radical (unpaired) electrons. The molecule has 1 aromatic rings. The van der Waals surface area contributed by atoms with Crippen molar-refractivity contribution < 1.29 is 8.42 Å². The van der Waals surface area contributed by atoms with Crippen LogP contribution in [0.5, 0.6) is 0 Å². The molecule has 0 spiro atoms. The third-order valence-electron chi connectivity index (χ3n) is 3.99. The maximum Gasteiger partial charge on any atom is 0.244 e. The Morgan fingerprint density at radius 2 is 2.10 bits per heavy atom. The molecule has 5 nitrogen and oxygen atoms in total. The molecule has 2 rings (SSSR count). The fraction of sp³-hybridized carbons (Fsp3) is 0.714. The molecule has 1 aliphatic heterocycles. The van der Waals surface area contributed by atoms with Gasteiger partial charge in [0.1, 0.15) is 0 Å². The zero-order valence-electron chi connectivity index (χ0n) is 12.4. The summed E-state index contributed by atoms with van der Waals surface area (Å²) in [4.78, 5) is 3.40. The van der Waals surface area contributed by atoms with Gasteiger partial charge in [-0.2, -0.15) is 4.31 Å². The summed E-state index contributed by atoms with van der Waals surface area (Å²) in [5.41, 5.74) is 0.895. The zero-order chi connectivity index (χ0) is 14.6. The Balaban J connectivity index is 2.03. The number of aromatic amines is 1. The van der Waals surface area contributed by atoms with Crippen LogP contribution in [0.4, 0.5) is 0 Å². The molecule has 0 amide bonds. The average Bonchev–Trinajstić information content (AvgIpc) is 2.90. The van der Waals surface area contributed by atoms with Crippen molar-refractivity contribution in [3.8, 4) is 0 Å². The summed E-state index contributed by atoms with van der Waals surface area (Å²) in [5.74, 6) is 0.692. The van der Waals surface area contributed by atoms with E-state index in [9.17, 15) is 8.42 Å². The highest BCUT2D eigenvalue weighted by molar-refractivity contribution is 7.89. The first kappa shape index (κ1) is 15.5. The molecule has 0 unspecified atom stereocenters. The van der Waals surface area contributed by atoms with Crippen molar-refractivity contribution >= 4 is 10.0 Å². The number of nitrogens with one attached hydrogen (secondary N) is 2. The molecule has 0 bridgehead atoms. The highest BCUT2D eigenvalue weighted by Gasteiger charge is 2.29. The second-order valence-electron chi connectivity index (χ2n) is 5.53. The first-order chi connectivity index (χ1) is 9.57. The first-order valence-electron chi connectivity index (χ1n) is 7.40. The maximum absolute atomic E-state index is 12.6. The fourth-order valence-corrected chi connectivity index (χ4v) is 4.34. The number of rotatable bonds is 6. The smallest absolute Gasteiger partial charge is 0.244 e. The average molecular weight is 299 g/mol. The van der Waals surface area contributed by atoms with E-state index >= 15 is 0 Å². The van der Waals surface area contributed by atoms with E-state index in [1.807, 2.05) is 7.05 Å². The van der Waals surface area contributed by atoms with E-state index < -0.39 is 10.0 Å². The van der Waals surface area contributed by atoms with E-state index in [-0.39, 0.29) is 0 Å². The van der Waals surface area contributed by atoms with Gasteiger partial charge < -0.3 is 10.3 Å². The summed E-state index contributed by atoms with van der Waals surface area (Å²) in [6.45, 7) is 4.14. The fourth-order valence-electron chi connectivity index (χ4n) is 2.86. The molecule has 1 aliphatic rings. The van der Waals surface area contributed by atoms with Gasteiger partial charge in [0.25, 0.3) is 0 Å². The van der Waals surface area contributed by atoms with Gasteiger partial charge in [-0.15, -0.1) is 0 Å². The molecule has 1 saturated heterocycles. The summed E-state index contributed by atoms with van der Waals surface area (Å²) in [7, 11) is -1.48. The minimum atomic E-state index is -3.32. The van der Waals surface area contributed by atoms with Crippen LogP contribution in [0.15, 0.2) is 17.2 Å². The van der Waals surface area contributed by atoms with Crippen LogP contribution in [-0.4, -0.2) is 37.8 Å². The molecule has 0 saturated carbocycles. The monoisotopic (exact) mass is 299 g/mol. The SMILES string of the molecule is CCCC1CCN(S(=O)(=O)c2c[nH]c(CNC)c2)CC1. The Labute approximate surface area is 121 Å². The van der Waals surface area contributed by atoms with Crippen molar-refractivity contribution in [3.63, 3.8) is 0 Å². The lowest BCUT2D eigenvalue weighted by atomic mass is 9.94. The van der Waals surface area contributed by atoms with Gasteiger partial charge in [-0.1, -0.05) is 19.8 Å². The van der Waals surface area contributed by atoms with E-state index in [1.165, 1.54) is 12.8 Å². The Morgan fingerprint density at radius 1 is 1.40 bits per heavy atom. The van der Waals surface area contributed by atoms with E-state index in [1.54, 1.807) is 16.6 Å². The summed E-state index contributed by atoms with van der Waals surface area (Å²) in [6.07, 6.45) is 5.97. The second-order valence-corrected chi connectivity index (χ2v) is 7.47. The third kappa shape index (κ3) is 3.42. The first-order valence-corrected chi connectivity index (χ1v) is 8.84. The van der Waals surface area contributed by atoms with Crippen LogP contribution in [0.2, 0.25) is 0 Å². The van der Waals surface area contributed by atoms with Crippen LogP contribution in [0.3, 0.4) is 0 Å². The molecular formula is C14H25N3O2S. The number of hydrogen-bond acceptors (Lipinski definition) is 3. The number of nitrogens with zero attached hydrogens (tertiary/aromatic N) is 1. The lowest BCUT2D eigenvalue weighted by Gasteiger charge is -2.30. The van der Waals surface area contributed by atoms with Crippen molar-refractivity contribution in [3.05, 3.63) is 18.0 Å². The Kier molecular flexibility index (Phi) is 5.23. The Morgan fingerprint density at radius 3 is 2.70 bits per heavy atom. The van der Waals surface area contributed by atoms with Crippen LogP contribution in [0.1, 0.15) is 38.3 Å². The van der Waals surface area contributed by atoms with Crippen LogP contribution in [-0.2, 0) is 16.6 Å². The summed E-state index contributed by atoms with van der Waals surface area (Å²) < 4.78 is 26.7. The molecule has 114 valence electrons. The summed E-state index contributed by atoms with van der Waals surface area (Å²) in [5, 5.41) is 3.01. The molecule has 2 heterocycles. The van der Waals surface area contributed by atoms with Crippen LogP contribution in [0.25, 0.3) is 0 Å². The van der Waals surface area contributed by atoms with Crippen LogP contribution < -0.4 is 5.32 Å². The van der Waals surface area contributed by atoms with Crippen LogP contribution >= 0.6 is 0 Å². The molecule has 1 aromatic heterocycles. The van der Waals surface area contributed by atoms with E-state index in [2.05, 4.69) is 17.2 Å². The van der Waals surface area contributed by atoms with Crippen molar-refractivity contribution in [2.45, 2.75) is 44.0 Å². The quantitative estimate of drug-likeness (QED) is 0.843. The lowest BCUT2D eigenvalue weighted by molar-refractivity contribution is 0.262. The van der Waals surface area contributed by atoms with E-state index in [4.69, 9.17) is 0 Å². The van der Waals surface area contributed by atoms with Gasteiger partial charge in [-0.3, -0.25) is 0 Å². The normalized spacial score (nSPS) is 18.5. The van der Waals surface area contributed by atoms with Gasteiger partial charge in [0.2, 0.25) is 10.0 Å². The topological polar surface area (TPSA) is 65.2 Å².